The van der Waals surface area contributed by atoms with Gasteiger partial charge in [0.15, 0.2) is 23.6 Å². The van der Waals surface area contributed by atoms with Crippen molar-refractivity contribution in [3.63, 3.8) is 0 Å². The summed E-state index contributed by atoms with van der Waals surface area (Å²) in [6.07, 6.45) is 10.2. The van der Waals surface area contributed by atoms with E-state index in [1.165, 1.54) is 29.7 Å². The number of rotatable bonds is 2. The molecule has 0 atom stereocenters. The molecule has 4 aromatic rings. The SMILES string of the molecule is C1CC1.Cc1c(-c2cc(F)c3nc(N)c(C=O)n3c2)cnc2[nH]ccc12. The van der Waals surface area contributed by atoms with Crippen molar-refractivity contribution in [2.75, 3.05) is 5.73 Å². The number of nitrogens with two attached hydrogens (primary N) is 1. The number of hydrogen-bond acceptors (Lipinski definition) is 4. The normalized spacial score (nSPS) is 12.8. The predicted octanol–water partition coefficient (Wildman–Crippen LogP) is 3.89. The number of nitrogens with zero attached hydrogens (tertiary/aromatic N) is 3. The fraction of sp³-hybridized carbons (Fsp3) is 0.211. The van der Waals surface area contributed by atoms with Gasteiger partial charge in [0, 0.05) is 35.1 Å². The summed E-state index contributed by atoms with van der Waals surface area (Å²) in [7, 11) is 0. The summed E-state index contributed by atoms with van der Waals surface area (Å²) in [4.78, 5) is 22.5. The summed E-state index contributed by atoms with van der Waals surface area (Å²) in [6.45, 7) is 1.94. The molecule has 0 bridgehead atoms. The highest BCUT2D eigenvalue weighted by Gasteiger charge is 2.16. The Hall–Kier alpha value is -3.22. The third-order valence-electron chi connectivity index (χ3n) is 4.37. The molecule has 1 aliphatic rings. The van der Waals surface area contributed by atoms with E-state index in [-0.39, 0.29) is 17.2 Å². The molecule has 5 rings (SSSR count). The van der Waals surface area contributed by atoms with Crippen LogP contribution in [0.2, 0.25) is 0 Å². The minimum atomic E-state index is -0.545. The highest BCUT2D eigenvalue weighted by Crippen LogP contribution is 2.30. The van der Waals surface area contributed by atoms with Crippen LogP contribution in [0.25, 0.3) is 27.8 Å². The summed E-state index contributed by atoms with van der Waals surface area (Å²) in [5, 5.41) is 0.962. The zero-order valence-corrected chi connectivity index (χ0v) is 14.3. The maximum absolute atomic E-state index is 14.4. The van der Waals surface area contributed by atoms with Gasteiger partial charge in [0.2, 0.25) is 0 Å². The van der Waals surface area contributed by atoms with Gasteiger partial charge in [0.05, 0.1) is 0 Å². The van der Waals surface area contributed by atoms with Gasteiger partial charge in [-0.15, -0.1) is 0 Å². The number of carbonyl (C=O) groups excluding carboxylic acids is 1. The first kappa shape index (κ1) is 16.3. The Morgan fingerprint density at radius 1 is 1.35 bits per heavy atom. The van der Waals surface area contributed by atoms with Crippen LogP contribution >= 0.6 is 0 Å². The first-order valence-corrected chi connectivity index (χ1v) is 8.45. The molecular formula is C19H18FN5O. The van der Waals surface area contributed by atoms with Crippen molar-refractivity contribution in [1.82, 2.24) is 19.4 Å². The van der Waals surface area contributed by atoms with Gasteiger partial charge >= 0.3 is 0 Å². The molecule has 0 amide bonds. The number of halogens is 1. The van der Waals surface area contributed by atoms with Crippen LogP contribution < -0.4 is 5.73 Å². The maximum Gasteiger partial charge on any atom is 0.176 e. The molecule has 4 aromatic heterocycles. The third-order valence-corrected chi connectivity index (χ3v) is 4.37. The van der Waals surface area contributed by atoms with E-state index in [9.17, 15) is 9.18 Å². The quantitative estimate of drug-likeness (QED) is 0.536. The van der Waals surface area contributed by atoms with E-state index in [0.717, 1.165) is 22.2 Å². The van der Waals surface area contributed by atoms with Crippen molar-refractivity contribution in [3.8, 4) is 11.1 Å². The molecule has 0 spiro atoms. The summed E-state index contributed by atoms with van der Waals surface area (Å²) >= 11 is 0. The second kappa shape index (κ2) is 6.25. The minimum Gasteiger partial charge on any atom is -0.382 e. The average Bonchev–Trinajstić information content (AvgIpc) is 3.36. The van der Waals surface area contributed by atoms with Crippen LogP contribution in [-0.4, -0.2) is 25.6 Å². The van der Waals surface area contributed by atoms with Crippen LogP contribution in [-0.2, 0) is 0 Å². The Bertz CT molecular complexity index is 1120. The fourth-order valence-electron chi connectivity index (χ4n) is 2.84. The van der Waals surface area contributed by atoms with Crippen molar-refractivity contribution >= 4 is 28.8 Å². The molecule has 1 aliphatic carbocycles. The molecule has 26 heavy (non-hydrogen) atoms. The largest absolute Gasteiger partial charge is 0.382 e. The first-order valence-electron chi connectivity index (χ1n) is 8.45. The van der Waals surface area contributed by atoms with E-state index >= 15 is 0 Å². The number of nitrogen functional groups attached to an aromatic ring is 1. The van der Waals surface area contributed by atoms with Gasteiger partial charge in [-0.3, -0.25) is 9.20 Å². The number of H-pyrrole nitrogens is 1. The van der Waals surface area contributed by atoms with Crippen LogP contribution in [0.15, 0.2) is 30.7 Å². The number of hydrogen-bond donors (Lipinski definition) is 2. The molecule has 4 heterocycles. The number of carbonyl (C=O) groups is 1. The lowest BCUT2D eigenvalue weighted by Gasteiger charge is -2.08. The number of fused-ring (bicyclic) bond motifs is 2. The lowest BCUT2D eigenvalue weighted by Crippen LogP contribution is -1.98. The van der Waals surface area contributed by atoms with Crippen molar-refractivity contribution < 1.29 is 9.18 Å². The molecule has 1 saturated carbocycles. The van der Waals surface area contributed by atoms with E-state index in [2.05, 4.69) is 15.0 Å². The predicted molar refractivity (Wildman–Crippen MR) is 98.6 cm³/mol. The van der Waals surface area contributed by atoms with Gasteiger partial charge in [-0.2, -0.15) is 0 Å². The van der Waals surface area contributed by atoms with Crippen LogP contribution in [0.5, 0.6) is 0 Å². The topological polar surface area (TPSA) is 89.1 Å². The zero-order chi connectivity index (χ0) is 18.3. The van der Waals surface area contributed by atoms with Gasteiger partial charge in [-0.25, -0.2) is 14.4 Å². The Morgan fingerprint density at radius 3 is 2.81 bits per heavy atom. The van der Waals surface area contributed by atoms with Gasteiger partial charge < -0.3 is 10.7 Å². The Labute approximate surface area is 148 Å². The second-order valence-electron chi connectivity index (χ2n) is 6.37. The smallest absolute Gasteiger partial charge is 0.176 e. The van der Waals surface area contributed by atoms with Gasteiger partial charge in [0.1, 0.15) is 11.3 Å². The molecule has 0 radical (unpaired) electrons. The van der Waals surface area contributed by atoms with Gasteiger partial charge in [0.25, 0.3) is 0 Å². The Balaban J connectivity index is 0.000000510. The van der Waals surface area contributed by atoms with Crippen molar-refractivity contribution in [1.29, 1.82) is 0 Å². The highest BCUT2D eigenvalue weighted by molar-refractivity contribution is 5.87. The second-order valence-corrected chi connectivity index (χ2v) is 6.37. The minimum absolute atomic E-state index is 0.00647. The standard InChI is InChI=1S/C16H12FN5O.C3H6/c1-8-10-2-3-19-15(10)20-5-11(8)9-4-12(17)16-21-14(18)13(7-23)22(16)6-9;1-2-3-1/h2-7H,18H2,1H3,(H,19,20);1-3H2. The van der Waals surface area contributed by atoms with E-state index in [1.54, 1.807) is 18.6 Å². The first-order chi connectivity index (χ1) is 12.6. The van der Waals surface area contributed by atoms with Crippen molar-refractivity contribution in [2.24, 2.45) is 0 Å². The maximum atomic E-state index is 14.4. The van der Waals surface area contributed by atoms with Crippen molar-refractivity contribution in [2.45, 2.75) is 26.2 Å². The van der Waals surface area contributed by atoms with E-state index in [4.69, 9.17) is 5.73 Å². The number of pyridine rings is 2. The summed E-state index contributed by atoms with van der Waals surface area (Å²) in [6, 6.07) is 3.29. The molecule has 6 nitrogen and oxygen atoms in total. The molecule has 132 valence electrons. The van der Waals surface area contributed by atoms with Crippen LogP contribution in [0.4, 0.5) is 10.2 Å². The molecule has 1 fully saturated rings. The number of nitrogens with one attached hydrogen (secondary N) is 1. The fourth-order valence-corrected chi connectivity index (χ4v) is 2.84. The van der Waals surface area contributed by atoms with Crippen LogP contribution in [0.3, 0.4) is 0 Å². The number of aryl methyl sites for hydroxylation is 1. The third kappa shape index (κ3) is 2.71. The Kier molecular flexibility index (Phi) is 3.91. The van der Waals surface area contributed by atoms with Crippen LogP contribution in [0, 0.1) is 12.7 Å². The number of imidazole rings is 1. The summed E-state index contributed by atoms with van der Waals surface area (Å²) in [5.41, 5.74) is 8.95. The molecule has 0 unspecified atom stereocenters. The number of anilines is 1. The summed E-state index contributed by atoms with van der Waals surface area (Å²) in [5.74, 6) is -0.539. The van der Waals surface area contributed by atoms with Gasteiger partial charge in [-0.1, -0.05) is 19.3 Å². The number of aromatic nitrogens is 4. The molecule has 0 saturated heterocycles. The average molecular weight is 351 g/mol. The number of aldehydes is 1. The van der Waals surface area contributed by atoms with Crippen molar-refractivity contribution in [3.05, 3.63) is 47.8 Å². The highest BCUT2D eigenvalue weighted by atomic mass is 19.1. The molecule has 0 aliphatic heterocycles. The van der Waals surface area contributed by atoms with E-state index in [1.807, 2.05) is 13.0 Å². The number of aromatic amines is 1. The molecule has 0 aromatic carbocycles. The molecule has 3 N–H and O–H groups in total. The lowest BCUT2D eigenvalue weighted by molar-refractivity contribution is 0.111. The van der Waals surface area contributed by atoms with E-state index < -0.39 is 5.82 Å². The van der Waals surface area contributed by atoms with Crippen LogP contribution in [0.1, 0.15) is 35.3 Å². The lowest BCUT2D eigenvalue weighted by atomic mass is 10.0. The van der Waals surface area contributed by atoms with E-state index in [0.29, 0.717) is 11.8 Å². The molecule has 7 heteroatoms. The zero-order valence-electron chi connectivity index (χ0n) is 14.3. The van der Waals surface area contributed by atoms with Gasteiger partial charge in [-0.05, 0) is 24.6 Å². The monoisotopic (exact) mass is 351 g/mol. The Morgan fingerprint density at radius 2 is 2.12 bits per heavy atom. The summed E-state index contributed by atoms with van der Waals surface area (Å²) < 4.78 is 15.7. The molecular weight excluding hydrogens is 333 g/mol.